The molecule has 0 saturated heterocycles. The van der Waals surface area contributed by atoms with E-state index in [1.54, 1.807) is 36.4 Å². The molecule has 3 rings (SSSR count). The quantitative estimate of drug-likeness (QED) is 0.467. The summed E-state index contributed by atoms with van der Waals surface area (Å²) in [4.78, 5) is 29.7. The molecule has 0 bridgehead atoms. The second-order valence-corrected chi connectivity index (χ2v) is 6.50. The highest BCUT2D eigenvalue weighted by atomic mass is 16.5. The minimum Gasteiger partial charge on any atom is -0.454 e. The van der Waals surface area contributed by atoms with E-state index < -0.39 is 5.97 Å². The van der Waals surface area contributed by atoms with Crippen LogP contribution >= 0.6 is 0 Å². The van der Waals surface area contributed by atoms with Crippen LogP contribution in [0.3, 0.4) is 0 Å². The van der Waals surface area contributed by atoms with Crippen LogP contribution in [0.4, 0.5) is 5.69 Å². The van der Waals surface area contributed by atoms with Gasteiger partial charge in [-0.3, -0.25) is 9.36 Å². The topological polar surface area (TPSA) is 97.0 Å². The van der Waals surface area contributed by atoms with Gasteiger partial charge in [-0.1, -0.05) is 37.6 Å². The highest BCUT2D eigenvalue weighted by Gasteiger charge is 2.16. The SMILES string of the molecule is CCCCNc1ccccc1C(=O)OCc1nc2ccccc2c(=O)n1CC#N. The van der Waals surface area contributed by atoms with Gasteiger partial charge in [0.1, 0.15) is 13.2 Å². The predicted octanol–water partition coefficient (Wildman–Crippen LogP) is 3.49. The van der Waals surface area contributed by atoms with Crippen LogP contribution in [0.15, 0.2) is 53.3 Å². The molecule has 0 amide bonds. The summed E-state index contributed by atoms with van der Waals surface area (Å²) in [7, 11) is 0. The lowest BCUT2D eigenvalue weighted by Crippen LogP contribution is -2.26. The van der Waals surface area contributed by atoms with Gasteiger partial charge in [-0.2, -0.15) is 5.26 Å². The highest BCUT2D eigenvalue weighted by Crippen LogP contribution is 2.17. The van der Waals surface area contributed by atoms with Crippen molar-refractivity contribution in [3.05, 3.63) is 70.3 Å². The van der Waals surface area contributed by atoms with Gasteiger partial charge in [-0.15, -0.1) is 0 Å². The van der Waals surface area contributed by atoms with Crippen LogP contribution in [-0.2, 0) is 17.9 Å². The van der Waals surface area contributed by atoms with Crippen LogP contribution in [0.2, 0.25) is 0 Å². The van der Waals surface area contributed by atoms with Gasteiger partial charge in [0.05, 0.1) is 22.5 Å². The zero-order chi connectivity index (χ0) is 20.6. The Labute approximate surface area is 168 Å². The number of nitrogens with one attached hydrogen (secondary N) is 1. The number of hydrogen-bond acceptors (Lipinski definition) is 6. The average molecular weight is 390 g/mol. The van der Waals surface area contributed by atoms with Gasteiger partial charge in [-0.05, 0) is 30.7 Å². The Kier molecular flexibility index (Phi) is 6.59. The smallest absolute Gasteiger partial charge is 0.340 e. The number of unbranched alkanes of at least 4 members (excludes halogenated alkanes) is 1. The maximum absolute atomic E-state index is 12.7. The Hall–Kier alpha value is -3.66. The zero-order valence-corrected chi connectivity index (χ0v) is 16.2. The summed E-state index contributed by atoms with van der Waals surface area (Å²) in [6, 6.07) is 16.0. The van der Waals surface area contributed by atoms with Crippen molar-refractivity contribution in [3.8, 4) is 6.07 Å². The zero-order valence-electron chi connectivity index (χ0n) is 16.2. The molecule has 0 radical (unpaired) electrons. The van der Waals surface area contributed by atoms with Crippen LogP contribution < -0.4 is 10.9 Å². The summed E-state index contributed by atoms with van der Waals surface area (Å²) < 4.78 is 6.68. The molecule has 148 valence electrons. The maximum atomic E-state index is 12.7. The second kappa shape index (κ2) is 9.51. The standard InChI is InChI=1S/C22H22N4O3/c1-2-3-13-24-18-10-6-5-9-17(18)22(28)29-15-20-25-19-11-7-4-8-16(19)21(27)26(20)14-12-23/h4-11,24H,2-3,13-15H2,1H3. The molecular formula is C22H22N4O3. The number of nitriles is 1. The van der Waals surface area contributed by atoms with Gasteiger partial charge >= 0.3 is 5.97 Å². The molecule has 1 heterocycles. The number of hydrogen-bond donors (Lipinski definition) is 1. The molecule has 0 spiro atoms. The molecule has 0 unspecified atom stereocenters. The third-order valence-corrected chi connectivity index (χ3v) is 4.49. The number of carbonyl (C=O) groups excluding carboxylic acids is 1. The fourth-order valence-corrected chi connectivity index (χ4v) is 2.98. The van der Waals surface area contributed by atoms with Crippen molar-refractivity contribution in [1.82, 2.24) is 9.55 Å². The Balaban J connectivity index is 1.84. The normalized spacial score (nSPS) is 10.5. The number of esters is 1. The van der Waals surface area contributed by atoms with Crippen molar-refractivity contribution in [2.45, 2.75) is 32.9 Å². The van der Waals surface area contributed by atoms with Gasteiger partial charge in [-0.25, -0.2) is 9.78 Å². The fourth-order valence-electron chi connectivity index (χ4n) is 2.98. The molecule has 0 atom stereocenters. The summed E-state index contributed by atoms with van der Waals surface area (Å²) in [5.41, 5.74) is 1.29. The Morgan fingerprint density at radius 1 is 1.21 bits per heavy atom. The van der Waals surface area contributed by atoms with E-state index in [4.69, 9.17) is 10.00 Å². The van der Waals surface area contributed by atoms with E-state index in [2.05, 4.69) is 17.2 Å². The third kappa shape index (κ3) is 4.61. The molecule has 7 heteroatoms. The number of aromatic nitrogens is 2. The van der Waals surface area contributed by atoms with E-state index in [0.717, 1.165) is 19.4 Å². The molecular weight excluding hydrogens is 368 g/mol. The molecule has 0 aliphatic heterocycles. The highest BCUT2D eigenvalue weighted by molar-refractivity contribution is 5.95. The molecule has 29 heavy (non-hydrogen) atoms. The van der Waals surface area contributed by atoms with Crippen molar-refractivity contribution in [3.63, 3.8) is 0 Å². The lowest BCUT2D eigenvalue weighted by Gasteiger charge is -2.13. The summed E-state index contributed by atoms with van der Waals surface area (Å²) in [6.07, 6.45) is 2.04. The number of benzene rings is 2. The van der Waals surface area contributed by atoms with Crippen LogP contribution in [0, 0.1) is 11.3 Å². The Morgan fingerprint density at radius 3 is 2.76 bits per heavy atom. The molecule has 2 aromatic carbocycles. The Morgan fingerprint density at radius 2 is 1.97 bits per heavy atom. The number of fused-ring (bicyclic) bond motifs is 1. The number of carbonyl (C=O) groups is 1. The molecule has 3 aromatic rings. The predicted molar refractivity (Wildman–Crippen MR) is 111 cm³/mol. The van der Waals surface area contributed by atoms with Crippen LogP contribution in [-0.4, -0.2) is 22.1 Å². The minimum atomic E-state index is -0.518. The number of anilines is 1. The first kappa shape index (κ1) is 20.1. The molecule has 0 aliphatic carbocycles. The van der Waals surface area contributed by atoms with E-state index in [9.17, 15) is 9.59 Å². The summed E-state index contributed by atoms with van der Waals surface area (Å²) in [5, 5.41) is 12.7. The van der Waals surface area contributed by atoms with Gasteiger partial charge in [0.15, 0.2) is 5.82 Å². The maximum Gasteiger partial charge on any atom is 0.340 e. The Bertz CT molecular complexity index is 1110. The first-order chi connectivity index (χ1) is 14.2. The van der Waals surface area contributed by atoms with Gasteiger partial charge in [0.25, 0.3) is 5.56 Å². The number of nitrogens with zero attached hydrogens (tertiary/aromatic N) is 3. The van der Waals surface area contributed by atoms with Crippen molar-refractivity contribution < 1.29 is 9.53 Å². The minimum absolute atomic E-state index is 0.168. The number of rotatable bonds is 8. The summed E-state index contributed by atoms with van der Waals surface area (Å²) in [6.45, 7) is 2.48. The van der Waals surface area contributed by atoms with Crippen molar-refractivity contribution in [1.29, 1.82) is 5.26 Å². The largest absolute Gasteiger partial charge is 0.454 e. The molecule has 0 saturated carbocycles. The van der Waals surface area contributed by atoms with Crippen molar-refractivity contribution >= 4 is 22.6 Å². The van der Waals surface area contributed by atoms with E-state index in [0.29, 0.717) is 22.2 Å². The van der Waals surface area contributed by atoms with Gasteiger partial charge in [0.2, 0.25) is 0 Å². The van der Waals surface area contributed by atoms with Crippen LogP contribution in [0.25, 0.3) is 10.9 Å². The lowest BCUT2D eigenvalue weighted by atomic mass is 10.1. The summed E-state index contributed by atoms with van der Waals surface area (Å²) >= 11 is 0. The summed E-state index contributed by atoms with van der Waals surface area (Å²) in [5.74, 6) is -0.282. The molecule has 0 aliphatic rings. The van der Waals surface area contributed by atoms with E-state index in [1.807, 2.05) is 18.2 Å². The van der Waals surface area contributed by atoms with Crippen molar-refractivity contribution in [2.24, 2.45) is 0 Å². The monoisotopic (exact) mass is 390 g/mol. The fraction of sp³-hybridized carbons (Fsp3) is 0.273. The first-order valence-corrected chi connectivity index (χ1v) is 9.51. The van der Waals surface area contributed by atoms with E-state index in [1.165, 1.54) is 4.57 Å². The molecule has 7 nitrogen and oxygen atoms in total. The first-order valence-electron chi connectivity index (χ1n) is 9.51. The van der Waals surface area contributed by atoms with Gasteiger partial charge < -0.3 is 10.1 Å². The van der Waals surface area contributed by atoms with Crippen LogP contribution in [0.5, 0.6) is 0 Å². The number of ether oxygens (including phenoxy) is 1. The molecule has 0 fully saturated rings. The van der Waals surface area contributed by atoms with E-state index >= 15 is 0 Å². The average Bonchev–Trinajstić information content (AvgIpc) is 2.75. The third-order valence-electron chi connectivity index (χ3n) is 4.49. The second-order valence-electron chi connectivity index (χ2n) is 6.50. The van der Waals surface area contributed by atoms with E-state index in [-0.39, 0.29) is 24.5 Å². The molecule has 1 N–H and O–H groups in total. The molecule has 1 aromatic heterocycles. The van der Waals surface area contributed by atoms with Crippen molar-refractivity contribution in [2.75, 3.05) is 11.9 Å². The lowest BCUT2D eigenvalue weighted by molar-refractivity contribution is 0.0458. The van der Waals surface area contributed by atoms with Gasteiger partial charge in [0, 0.05) is 12.2 Å². The number of para-hydroxylation sites is 2. The van der Waals surface area contributed by atoms with Crippen LogP contribution in [0.1, 0.15) is 35.9 Å².